The highest BCUT2D eigenvalue weighted by Crippen LogP contribution is 2.19. The molecule has 1 saturated heterocycles. The summed E-state index contributed by atoms with van der Waals surface area (Å²) in [6.07, 6.45) is 1.63. The quantitative estimate of drug-likeness (QED) is 0.728. The molecule has 1 aliphatic rings. The van der Waals surface area contributed by atoms with Gasteiger partial charge >= 0.3 is 12.1 Å². The molecule has 0 radical (unpaired) electrons. The fourth-order valence-corrected chi connectivity index (χ4v) is 2.20. The van der Waals surface area contributed by atoms with Crippen LogP contribution in [0.25, 0.3) is 0 Å². The average Bonchev–Trinajstić information content (AvgIpc) is 2.37. The van der Waals surface area contributed by atoms with E-state index in [1.54, 1.807) is 11.8 Å². The first-order chi connectivity index (χ1) is 9.81. The van der Waals surface area contributed by atoms with Crippen LogP contribution in [0.5, 0.6) is 0 Å². The van der Waals surface area contributed by atoms with Crippen LogP contribution in [0.2, 0.25) is 0 Å². The van der Waals surface area contributed by atoms with E-state index < -0.39 is 5.60 Å². The molecule has 0 spiro atoms. The lowest BCUT2D eigenvalue weighted by molar-refractivity contribution is -0.149. The number of carbonyl (C=O) groups is 2. The van der Waals surface area contributed by atoms with Gasteiger partial charge < -0.3 is 19.1 Å². The highest BCUT2D eigenvalue weighted by molar-refractivity contribution is 5.70. The zero-order valence-corrected chi connectivity index (χ0v) is 13.5. The Hall–Kier alpha value is -1.30. The monoisotopic (exact) mass is 301 g/mol. The molecule has 0 aromatic rings. The fourth-order valence-electron chi connectivity index (χ4n) is 2.20. The van der Waals surface area contributed by atoms with Crippen LogP contribution in [0.1, 0.15) is 40.5 Å². The summed E-state index contributed by atoms with van der Waals surface area (Å²) in [7, 11) is 0. The standard InChI is InChI=1S/C15H27NO5/c1-5-20-13(17)11-19-10-12-7-6-8-16(9-12)14(18)21-15(2,3)4/h12H,5-11H2,1-4H3. The van der Waals surface area contributed by atoms with E-state index in [9.17, 15) is 9.59 Å². The molecule has 1 amide bonds. The van der Waals surface area contributed by atoms with E-state index in [1.165, 1.54) is 0 Å². The van der Waals surface area contributed by atoms with Crippen molar-refractivity contribution in [3.63, 3.8) is 0 Å². The van der Waals surface area contributed by atoms with Crippen molar-refractivity contribution in [1.29, 1.82) is 0 Å². The zero-order chi connectivity index (χ0) is 15.9. The molecular formula is C15H27NO5. The van der Waals surface area contributed by atoms with E-state index in [0.717, 1.165) is 12.8 Å². The van der Waals surface area contributed by atoms with Crippen LogP contribution in [-0.2, 0) is 19.0 Å². The molecule has 0 N–H and O–H groups in total. The maximum absolute atomic E-state index is 12.0. The summed E-state index contributed by atoms with van der Waals surface area (Å²) in [5.74, 6) is -0.113. The summed E-state index contributed by atoms with van der Waals surface area (Å²) >= 11 is 0. The van der Waals surface area contributed by atoms with E-state index in [4.69, 9.17) is 14.2 Å². The van der Waals surface area contributed by atoms with Crippen molar-refractivity contribution in [2.24, 2.45) is 5.92 Å². The largest absolute Gasteiger partial charge is 0.464 e. The second kappa shape index (κ2) is 8.22. The predicted molar refractivity (Wildman–Crippen MR) is 78.0 cm³/mol. The summed E-state index contributed by atoms with van der Waals surface area (Å²) in [5, 5.41) is 0. The molecule has 122 valence electrons. The molecule has 1 heterocycles. The summed E-state index contributed by atoms with van der Waals surface area (Å²) < 4.78 is 15.5. The van der Waals surface area contributed by atoms with Crippen LogP contribution in [0.3, 0.4) is 0 Å². The first-order valence-corrected chi connectivity index (χ1v) is 7.53. The van der Waals surface area contributed by atoms with Crippen LogP contribution in [-0.4, -0.2) is 55.5 Å². The molecule has 0 bridgehead atoms. The highest BCUT2D eigenvalue weighted by atomic mass is 16.6. The molecular weight excluding hydrogens is 274 g/mol. The normalized spacial score (nSPS) is 19.2. The molecule has 1 unspecified atom stereocenters. The zero-order valence-electron chi connectivity index (χ0n) is 13.5. The van der Waals surface area contributed by atoms with Crippen molar-refractivity contribution in [2.45, 2.75) is 46.1 Å². The Kier molecular flexibility index (Phi) is 6.95. The van der Waals surface area contributed by atoms with E-state index >= 15 is 0 Å². The maximum atomic E-state index is 12.0. The third kappa shape index (κ3) is 7.32. The first kappa shape index (κ1) is 17.8. The molecule has 1 fully saturated rings. The van der Waals surface area contributed by atoms with Gasteiger partial charge in [-0.15, -0.1) is 0 Å². The van der Waals surface area contributed by atoms with Crippen LogP contribution in [0, 0.1) is 5.92 Å². The van der Waals surface area contributed by atoms with Gasteiger partial charge in [0.15, 0.2) is 0 Å². The molecule has 21 heavy (non-hydrogen) atoms. The third-order valence-corrected chi connectivity index (χ3v) is 3.05. The second-order valence-corrected chi connectivity index (χ2v) is 6.25. The second-order valence-electron chi connectivity index (χ2n) is 6.25. The highest BCUT2D eigenvalue weighted by Gasteiger charge is 2.27. The Balaban J connectivity index is 2.32. The number of carbonyl (C=O) groups excluding carboxylic acids is 2. The number of ether oxygens (including phenoxy) is 3. The summed E-state index contributed by atoms with van der Waals surface area (Å²) in [5.41, 5.74) is -0.482. The smallest absolute Gasteiger partial charge is 0.410 e. The summed E-state index contributed by atoms with van der Waals surface area (Å²) in [6, 6.07) is 0. The Morgan fingerprint density at radius 3 is 2.62 bits per heavy atom. The van der Waals surface area contributed by atoms with Crippen LogP contribution in [0.4, 0.5) is 4.79 Å². The van der Waals surface area contributed by atoms with Gasteiger partial charge in [0, 0.05) is 19.0 Å². The van der Waals surface area contributed by atoms with Crippen LogP contribution in [0.15, 0.2) is 0 Å². The number of likely N-dealkylation sites (tertiary alicyclic amines) is 1. The minimum atomic E-state index is -0.482. The molecule has 0 aliphatic carbocycles. The van der Waals surface area contributed by atoms with Gasteiger partial charge in [-0.05, 0) is 40.5 Å². The molecule has 1 aliphatic heterocycles. The minimum Gasteiger partial charge on any atom is -0.464 e. The SMILES string of the molecule is CCOC(=O)COCC1CCCN(C(=O)OC(C)(C)C)C1. The molecule has 1 rings (SSSR count). The Labute approximate surface area is 126 Å². The summed E-state index contributed by atoms with van der Waals surface area (Å²) in [4.78, 5) is 24.9. The van der Waals surface area contributed by atoms with Gasteiger partial charge in [-0.2, -0.15) is 0 Å². The summed E-state index contributed by atoms with van der Waals surface area (Å²) in [6.45, 7) is 9.43. The maximum Gasteiger partial charge on any atom is 0.410 e. The molecule has 1 atom stereocenters. The lowest BCUT2D eigenvalue weighted by atomic mass is 9.99. The van der Waals surface area contributed by atoms with Gasteiger partial charge in [-0.25, -0.2) is 9.59 Å². The van der Waals surface area contributed by atoms with Crippen molar-refractivity contribution in [2.75, 3.05) is 32.9 Å². The molecule has 0 saturated carbocycles. The van der Waals surface area contributed by atoms with Gasteiger partial charge in [0.05, 0.1) is 13.2 Å². The number of nitrogens with zero attached hydrogens (tertiary/aromatic N) is 1. The van der Waals surface area contributed by atoms with E-state index in [-0.39, 0.29) is 24.6 Å². The number of rotatable bonds is 5. The van der Waals surface area contributed by atoms with E-state index in [2.05, 4.69) is 0 Å². The Morgan fingerprint density at radius 1 is 1.29 bits per heavy atom. The van der Waals surface area contributed by atoms with Crippen LogP contribution < -0.4 is 0 Å². The van der Waals surface area contributed by atoms with Crippen molar-refractivity contribution < 1.29 is 23.8 Å². The Bertz CT molecular complexity index is 350. The van der Waals surface area contributed by atoms with Crippen molar-refractivity contribution >= 4 is 12.1 Å². The van der Waals surface area contributed by atoms with Crippen LogP contribution >= 0.6 is 0 Å². The van der Waals surface area contributed by atoms with Crippen molar-refractivity contribution in [3.8, 4) is 0 Å². The number of hydrogen-bond donors (Lipinski definition) is 0. The molecule has 6 nitrogen and oxygen atoms in total. The van der Waals surface area contributed by atoms with E-state index in [1.807, 2.05) is 20.8 Å². The van der Waals surface area contributed by atoms with Gasteiger partial charge in [-0.1, -0.05) is 0 Å². The van der Waals surface area contributed by atoms with Gasteiger partial charge in [-0.3, -0.25) is 0 Å². The van der Waals surface area contributed by atoms with E-state index in [0.29, 0.717) is 26.3 Å². The lowest BCUT2D eigenvalue weighted by Gasteiger charge is -2.33. The molecule has 0 aromatic carbocycles. The van der Waals surface area contributed by atoms with Crippen molar-refractivity contribution in [1.82, 2.24) is 4.90 Å². The number of piperidine rings is 1. The predicted octanol–water partition coefficient (Wildman–Crippen LogP) is 2.21. The average molecular weight is 301 g/mol. The number of esters is 1. The number of hydrogen-bond acceptors (Lipinski definition) is 5. The number of amides is 1. The van der Waals surface area contributed by atoms with Gasteiger partial charge in [0.25, 0.3) is 0 Å². The third-order valence-electron chi connectivity index (χ3n) is 3.05. The van der Waals surface area contributed by atoms with Gasteiger partial charge in [0.2, 0.25) is 0 Å². The van der Waals surface area contributed by atoms with Gasteiger partial charge in [0.1, 0.15) is 12.2 Å². The Morgan fingerprint density at radius 2 is 2.00 bits per heavy atom. The molecule has 0 aromatic heterocycles. The topological polar surface area (TPSA) is 65.1 Å². The molecule has 6 heteroatoms. The minimum absolute atomic E-state index is 0.0310. The van der Waals surface area contributed by atoms with Crippen molar-refractivity contribution in [3.05, 3.63) is 0 Å². The first-order valence-electron chi connectivity index (χ1n) is 7.53. The lowest BCUT2D eigenvalue weighted by Crippen LogP contribution is -2.43. The fraction of sp³-hybridized carbons (Fsp3) is 0.867.